The molecule has 0 saturated carbocycles. The number of carbonyl (C=O) groups is 2. The molecule has 18 heavy (non-hydrogen) atoms. The zero-order valence-electron chi connectivity index (χ0n) is 11.9. The summed E-state index contributed by atoms with van der Waals surface area (Å²) in [4.78, 5) is 22.9. The molecule has 0 rings (SSSR count). The van der Waals surface area contributed by atoms with Crippen LogP contribution in [0.5, 0.6) is 0 Å². The molecule has 0 aliphatic carbocycles. The fourth-order valence-electron chi connectivity index (χ4n) is 1.48. The molecule has 0 aromatic rings. The highest BCUT2D eigenvalue weighted by molar-refractivity contribution is 5.72. The second-order valence-corrected chi connectivity index (χ2v) is 4.43. The predicted octanol–water partition coefficient (Wildman–Crippen LogP) is 3.26. The van der Waals surface area contributed by atoms with E-state index in [1.807, 2.05) is 13.8 Å². The molecule has 0 spiro atoms. The molecule has 0 amide bonds. The van der Waals surface area contributed by atoms with Crippen LogP contribution in [0.15, 0.2) is 0 Å². The Morgan fingerprint density at radius 1 is 1.00 bits per heavy atom. The predicted molar refractivity (Wildman–Crippen MR) is 66.9 cm³/mol. The van der Waals surface area contributed by atoms with Gasteiger partial charge in [-0.3, -0.25) is 4.79 Å². The second-order valence-electron chi connectivity index (χ2n) is 4.43. The van der Waals surface area contributed by atoms with Crippen LogP contribution >= 0.6 is 0 Å². The Hall–Kier alpha value is -1.26. The maximum absolute atomic E-state index is 11.7. The summed E-state index contributed by atoms with van der Waals surface area (Å²) in [5.41, 5.74) is 0. The van der Waals surface area contributed by atoms with Gasteiger partial charge in [0, 0.05) is 6.92 Å². The van der Waals surface area contributed by atoms with Crippen LogP contribution in [0.3, 0.4) is 0 Å². The summed E-state index contributed by atoms with van der Waals surface area (Å²) in [6, 6.07) is 0. The average molecular weight is 260 g/mol. The van der Waals surface area contributed by atoms with Gasteiger partial charge < -0.3 is 14.2 Å². The SMILES string of the molecule is CCCC(CC)C(=O)OC(C)OC(=O)OC(C)C. The first kappa shape index (κ1) is 16.7. The van der Waals surface area contributed by atoms with Crippen molar-refractivity contribution in [3.05, 3.63) is 0 Å². The quantitative estimate of drug-likeness (QED) is 0.519. The molecule has 0 aliphatic rings. The molecule has 0 aromatic carbocycles. The average Bonchev–Trinajstić information content (AvgIpc) is 2.23. The molecule has 0 aromatic heterocycles. The van der Waals surface area contributed by atoms with E-state index in [4.69, 9.17) is 14.2 Å². The van der Waals surface area contributed by atoms with Crippen molar-refractivity contribution in [2.45, 2.75) is 66.3 Å². The van der Waals surface area contributed by atoms with E-state index < -0.39 is 12.4 Å². The highest BCUT2D eigenvalue weighted by Crippen LogP contribution is 2.14. The molecule has 0 N–H and O–H groups in total. The van der Waals surface area contributed by atoms with Crippen LogP contribution in [0.4, 0.5) is 4.79 Å². The van der Waals surface area contributed by atoms with Crippen LogP contribution in [0.2, 0.25) is 0 Å². The van der Waals surface area contributed by atoms with Gasteiger partial charge in [0.1, 0.15) is 0 Å². The normalized spacial score (nSPS) is 13.9. The Morgan fingerprint density at radius 3 is 2.06 bits per heavy atom. The van der Waals surface area contributed by atoms with Crippen molar-refractivity contribution in [2.24, 2.45) is 5.92 Å². The van der Waals surface area contributed by atoms with E-state index in [-0.39, 0.29) is 18.0 Å². The maximum Gasteiger partial charge on any atom is 0.511 e. The van der Waals surface area contributed by atoms with Crippen LogP contribution in [0.25, 0.3) is 0 Å². The first-order valence-corrected chi connectivity index (χ1v) is 6.48. The molecular weight excluding hydrogens is 236 g/mol. The molecule has 2 atom stereocenters. The smallest absolute Gasteiger partial charge is 0.431 e. The fraction of sp³-hybridized carbons (Fsp3) is 0.846. The standard InChI is InChI=1S/C13H24O5/c1-6-8-11(7-2)12(14)17-10(5)18-13(15)16-9(3)4/h9-11H,6-8H2,1-5H3. The van der Waals surface area contributed by atoms with E-state index in [9.17, 15) is 9.59 Å². The molecule has 5 heteroatoms. The summed E-state index contributed by atoms with van der Waals surface area (Å²) in [5.74, 6) is -0.466. The van der Waals surface area contributed by atoms with Gasteiger partial charge in [0.15, 0.2) is 0 Å². The third-order valence-corrected chi connectivity index (χ3v) is 2.34. The van der Waals surface area contributed by atoms with E-state index in [1.165, 1.54) is 6.92 Å². The third-order valence-electron chi connectivity index (χ3n) is 2.34. The minimum Gasteiger partial charge on any atom is -0.431 e. The fourth-order valence-corrected chi connectivity index (χ4v) is 1.48. The minimum absolute atomic E-state index is 0.137. The zero-order chi connectivity index (χ0) is 14.1. The van der Waals surface area contributed by atoms with Gasteiger partial charge in [-0.15, -0.1) is 0 Å². The molecule has 106 valence electrons. The number of hydrogen-bond donors (Lipinski definition) is 0. The highest BCUT2D eigenvalue weighted by Gasteiger charge is 2.21. The number of hydrogen-bond acceptors (Lipinski definition) is 5. The summed E-state index contributed by atoms with van der Waals surface area (Å²) >= 11 is 0. The van der Waals surface area contributed by atoms with Crippen molar-refractivity contribution in [1.29, 1.82) is 0 Å². The minimum atomic E-state index is -0.922. The zero-order valence-corrected chi connectivity index (χ0v) is 11.9. The topological polar surface area (TPSA) is 61.8 Å². The Bertz CT molecular complexity index is 262. The Kier molecular flexibility index (Phi) is 8.16. The Morgan fingerprint density at radius 2 is 1.61 bits per heavy atom. The molecule has 5 nitrogen and oxygen atoms in total. The monoisotopic (exact) mass is 260 g/mol. The van der Waals surface area contributed by atoms with Gasteiger partial charge in [0.25, 0.3) is 0 Å². The Labute approximate surface area is 109 Å². The van der Waals surface area contributed by atoms with E-state index in [0.29, 0.717) is 0 Å². The Balaban J connectivity index is 4.10. The van der Waals surface area contributed by atoms with E-state index >= 15 is 0 Å². The summed E-state index contributed by atoms with van der Waals surface area (Å²) < 4.78 is 14.6. The van der Waals surface area contributed by atoms with E-state index in [0.717, 1.165) is 19.3 Å². The highest BCUT2D eigenvalue weighted by atomic mass is 16.8. The lowest BCUT2D eigenvalue weighted by atomic mass is 10.0. The van der Waals surface area contributed by atoms with E-state index in [1.54, 1.807) is 13.8 Å². The van der Waals surface area contributed by atoms with Crippen molar-refractivity contribution in [1.82, 2.24) is 0 Å². The maximum atomic E-state index is 11.7. The van der Waals surface area contributed by atoms with Gasteiger partial charge in [0.2, 0.25) is 6.29 Å². The number of rotatable bonds is 7. The van der Waals surface area contributed by atoms with Crippen molar-refractivity contribution < 1.29 is 23.8 Å². The summed E-state index contributed by atoms with van der Waals surface area (Å²) in [6.07, 6.45) is 0.402. The van der Waals surface area contributed by atoms with Crippen LogP contribution in [-0.4, -0.2) is 24.5 Å². The molecule has 0 saturated heterocycles. The van der Waals surface area contributed by atoms with Gasteiger partial charge in [-0.05, 0) is 26.7 Å². The van der Waals surface area contributed by atoms with Gasteiger partial charge in [-0.2, -0.15) is 0 Å². The summed E-state index contributed by atoms with van der Waals surface area (Å²) in [5, 5.41) is 0. The molecule has 0 radical (unpaired) electrons. The van der Waals surface area contributed by atoms with Gasteiger partial charge in [0.05, 0.1) is 12.0 Å². The van der Waals surface area contributed by atoms with Crippen LogP contribution in [0.1, 0.15) is 53.9 Å². The number of ether oxygens (including phenoxy) is 3. The van der Waals surface area contributed by atoms with Crippen molar-refractivity contribution >= 4 is 12.1 Å². The second kappa shape index (κ2) is 8.78. The largest absolute Gasteiger partial charge is 0.511 e. The van der Waals surface area contributed by atoms with Crippen molar-refractivity contribution in [2.75, 3.05) is 0 Å². The summed E-state index contributed by atoms with van der Waals surface area (Å²) in [7, 11) is 0. The van der Waals surface area contributed by atoms with Gasteiger partial charge >= 0.3 is 12.1 Å². The molecule has 0 bridgehead atoms. The lowest BCUT2D eigenvalue weighted by molar-refractivity contribution is -0.173. The number of carbonyl (C=O) groups excluding carboxylic acids is 2. The first-order valence-electron chi connectivity index (χ1n) is 6.48. The molecule has 0 fully saturated rings. The van der Waals surface area contributed by atoms with Crippen LogP contribution < -0.4 is 0 Å². The summed E-state index contributed by atoms with van der Waals surface area (Å²) in [6.45, 7) is 8.87. The van der Waals surface area contributed by atoms with E-state index in [2.05, 4.69) is 0 Å². The third kappa shape index (κ3) is 7.14. The molecule has 0 aliphatic heterocycles. The van der Waals surface area contributed by atoms with Crippen molar-refractivity contribution in [3.8, 4) is 0 Å². The van der Waals surface area contributed by atoms with Crippen LogP contribution in [-0.2, 0) is 19.0 Å². The molecular formula is C13H24O5. The lowest BCUT2D eigenvalue weighted by Gasteiger charge is -2.18. The molecule has 0 heterocycles. The van der Waals surface area contributed by atoms with Gasteiger partial charge in [-0.25, -0.2) is 4.79 Å². The van der Waals surface area contributed by atoms with Gasteiger partial charge in [-0.1, -0.05) is 20.3 Å². The van der Waals surface area contributed by atoms with Crippen molar-refractivity contribution in [3.63, 3.8) is 0 Å². The first-order chi connectivity index (χ1) is 8.40. The number of esters is 1. The van der Waals surface area contributed by atoms with Crippen LogP contribution in [0, 0.1) is 5.92 Å². The molecule has 2 unspecified atom stereocenters. The lowest BCUT2D eigenvalue weighted by Crippen LogP contribution is -2.27.